The standard InChI is InChI=1S/C25H30N2O7/c1-4-33-25(30)34-20-7-5-18(6-8-20)23(28)26-16-17-9-11-27(12-10-17)24(29)19-13-21(31-2)15-22(14-19)32-3/h5-8,13-15,17H,4,9-12,16H2,1-3H3,(H,26,28). The molecule has 182 valence electrons. The van der Waals surface area contributed by atoms with E-state index < -0.39 is 6.16 Å². The van der Waals surface area contributed by atoms with E-state index in [2.05, 4.69) is 5.32 Å². The van der Waals surface area contributed by atoms with E-state index in [1.807, 2.05) is 4.90 Å². The van der Waals surface area contributed by atoms with Crippen LogP contribution in [0.1, 0.15) is 40.5 Å². The molecule has 0 saturated carbocycles. The van der Waals surface area contributed by atoms with Gasteiger partial charge < -0.3 is 29.2 Å². The second kappa shape index (κ2) is 11.9. The van der Waals surface area contributed by atoms with E-state index in [0.29, 0.717) is 48.0 Å². The second-order valence-corrected chi connectivity index (χ2v) is 7.86. The Balaban J connectivity index is 1.47. The third-order valence-electron chi connectivity index (χ3n) is 5.63. The zero-order valence-electron chi connectivity index (χ0n) is 19.7. The van der Waals surface area contributed by atoms with Gasteiger partial charge in [-0.2, -0.15) is 0 Å². The maximum absolute atomic E-state index is 12.9. The van der Waals surface area contributed by atoms with Crippen molar-refractivity contribution in [3.8, 4) is 17.2 Å². The average molecular weight is 471 g/mol. The van der Waals surface area contributed by atoms with Crippen molar-refractivity contribution >= 4 is 18.0 Å². The first-order valence-electron chi connectivity index (χ1n) is 11.2. The topological polar surface area (TPSA) is 103 Å². The number of hydrogen-bond acceptors (Lipinski definition) is 7. The number of amides is 2. The normalized spacial score (nSPS) is 13.7. The van der Waals surface area contributed by atoms with E-state index in [9.17, 15) is 14.4 Å². The van der Waals surface area contributed by atoms with Gasteiger partial charge in [-0.3, -0.25) is 9.59 Å². The molecule has 2 aromatic rings. The lowest BCUT2D eigenvalue weighted by atomic mass is 9.96. The van der Waals surface area contributed by atoms with Crippen LogP contribution < -0.4 is 19.5 Å². The Bertz CT molecular complexity index is 977. The number of rotatable bonds is 8. The minimum atomic E-state index is -0.782. The summed E-state index contributed by atoms with van der Waals surface area (Å²) in [4.78, 5) is 38.6. The Morgan fingerprint density at radius 2 is 1.53 bits per heavy atom. The summed E-state index contributed by atoms with van der Waals surface area (Å²) in [5, 5.41) is 2.95. The maximum atomic E-state index is 12.9. The van der Waals surface area contributed by atoms with Crippen LogP contribution >= 0.6 is 0 Å². The summed E-state index contributed by atoms with van der Waals surface area (Å²) in [6.45, 7) is 3.66. The van der Waals surface area contributed by atoms with Gasteiger partial charge in [-0.05, 0) is 62.1 Å². The molecule has 0 aromatic heterocycles. The predicted octanol–water partition coefficient (Wildman–Crippen LogP) is 3.52. The fourth-order valence-corrected chi connectivity index (χ4v) is 3.71. The Morgan fingerprint density at radius 1 is 0.912 bits per heavy atom. The smallest absolute Gasteiger partial charge is 0.497 e. The van der Waals surface area contributed by atoms with Crippen LogP contribution in [-0.2, 0) is 4.74 Å². The number of nitrogens with zero attached hydrogens (tertiary/aromatic N) is 1. The molecule has 1 heterocycles. The molecular formula is C25H30N2O7. The molecule has 0 atom stereocenters. The summed E-state index contributed by atoms with van der Waals surface area (Å²) < 4.78 is 20.2. The van der Waals surface area contributed by atoms with E-state index in [4.69, 9.17) is 18.9 Å². The summed E-state index contributed by atoms with van der Waals surface area (Å²) in [5.41, 5.74) is 0.995. The summed E-state index contributed by atoms with van der Waals surface area (Å²) in [5.74, 6) is 1.45. The number of nitrogens with one attached hydrogen (secondary N) is 1. The Labute approximate surface area is 198 Å². The lowest BCUT2D eigenvalue weighted by Crippen LogP contribution is -2.41. The van der Waals surface area contributed by atoms with Crippen molar-refractivity contribution in [2.75, 3.05) is 40.5 Å². The summed E-state index contributed by atoms with van der Waals surface area (Å²) in [7, 11) is 3.10. The molecule has 1 aliphatic rings. The van der Waals surface area contributed by atoms with Crippen molar-refractivity contribution in [3.63, 3.8) is 0 Å². The van der Waals surface area contributed by atoms with Gasteiger partial charge in [0.05, 0.1) is 20.8 Å². The first-order chi connectivity index (χ1) is 16.4. The molecule has 34 heavy (non-hydrogen) atoms. The highest BCUT2D eigenvalue weighted by Crippen LogP contribution is 2.25. The first kappa shape index (κ1) is 24.9. The van der Waals surface area contributed by atoms with Crippen molar-refractivity contribution < 1.29 is 33.3 Å². The molecule has 1 saturated heterocycles. The van der Waals surface area contributed by atoms with Gasteiger partial charge in [-0.25, -0.2) is 4.79 Å². The van der Waals surface area contributed by atoms with Gasteiger partial charge in [0.2, 0.25) is 0 Å². The van der Waals surface area contributed by atoms with Gasteiger partial charge in [-0.15, -0.1) is 0 Å². The van der Waals surface area contributed by atoms with Crippen molar-refractivity contribution in [3.05, 3.63) is 53.6 Å². The van der Waals surface area contributed by atoms with E-state index in [0.717, 1.165) is 12.8 Å². The third kappa shape index (κ3) is 6.63. The van der Waals surface area contributed by atoms with Crippen LogP contribution in [0.4, 0.5) is 4.79 Å². The monoisotopic (exact) mass is 470 g/mol. The van der Waals surface area contributed by atoms with Gasteiger partial charge in [0.1, 0.15) is 17.2 Å². The van der Waals surface area contributed by atoms with Crippen LogP contribution in [0.2, 0.25) is 0 Å². The number of likely N-dealkylation sites (tertiary alicyclic amines) is 1. The highest BCUT2D eigenvalue weighted by atomic mass is 16.7. The van der Waals surface area contributed by atoms with Gasteiger partial charge in [-0.1, -0.05) is 0 Å². The van der Waals surface area contributed by atoms with Crippen molar-refractivity contribution in [1.29, 1.82) is 0 Å². The summed E-state index contributed by atoms with van der Waals surface area (Å²) in [6, 6.07) is 11.4. The largest absolute Gasteiger partial charge is 0.513 e. The minimum Gasteiger partial charge on any atom is -0.497 e. The van der Waals surface area contributed by atoms with Crippen LogP contribution in [0.15, 0.2) is 42.5 Å². The maximum Gasteiger partial charge on any atom is 0.513 e. The molecule has 0 spiro atoms. The summed E-state index contributed by atoms with van der Waals surface area (Å²) >= 11 is 0. The van der Waals surface area contributed by atoms with Crippen LogP contribution in [0.25, 0.3) is 0 Å². The zero-order chi connectivity index (χ0) is 24.5. The van der Waals surface area contributed by atoms with Gasteiger partial charge in [0.15, 0.2) is 0 Å². The molecule has 3 rings (SSSR count). The molecule has 1 fully saturated rings. The highest BCUT2D eigenvalue weighted by molar-refractivity contribution is 5.95. The Kier molecular flexibility index (Phi) is 8.73. The molecule has 9 nitrogen and oxygen atoms in total. The molecular weight excluding hydrogens is 440 g/mol. The number of hydrogen-bond donors (Lipinski definition) is 1. The molecule has 0 aliphatic carbocycles. The molecule has 2 aromatic carbocycles. The van der Waals surface area contributed by atoms with Crippen molar-refractivity contribution in [2.45, 2.75) is 19.8 Å². The minimum absolute atomic E-state index is 0.0650. The van der Waals surface area contributed by atoms with Crippen LogP contribution in [-0.4, -0.2) is 63.3 Å². The van der Waals surface area contributed by atoms with E-state index in [1.54, 1.807) is 63.6 Å². The van der Waals surface area contributed by atoms with E-state index in [1.165, 1.54) is 0 Å². The van der Waals surface area contributed by atoms with Crippen molar-refractivity contribution in [2.24, 2.45) is 5.92 Å². The molecule has 0 unspecified atom stereocenters. The van der Waals surface area contributed by atoms with Gasteiger partial charge >= 0.3 is 6.16 Å². The number of carbonyl (C=O) groups excluding carboxylic acids is 3. The Morgan fingerprint density at radius 3 is 2.09 bits per heavy atom. The summed E-state index contributed by atoms with van der Waals surface area (Å²) in [6.07, 6.45) is 0.800. The SMILES string of the molecule is CCOC(=O)Oc1ccc(C(=O)NCC2CCN(C(=O)c3cc(OC)cc(OC)c3)CC2)cc1. The van der Waals surface area contributed by atoms with Gasteiger partial charge in [0.25, 0.3) is 11.8 Å². The number of carbonyl (C=O) groups is 3. The highest BCUT2D eigenvalue weighted by Gasteiger charge is 2.25. The lowest BCUT2D eigenvalue weighted by molar-refractivity contribution is 0.0683. The molecule has 2 amide bonds. The number of ether oxygens (including phenoxy) is 4. The van der Waals surface area contributed by atoms with E-state index >= 15 is 0 Å². The van der Waals surface area contributed by atoms with E-state index in [-0.39, 0.29) is 24.3 Å². The molecule has 9 heteroatoms. The fourth-order valence-electron chi connectivity index (χ4n) is 3.71. The van der Waals surface area contributed by atoms with Crippen LogP contribution in [0.5, 0.6) is 17.2 Å². The lowest BCUT2D eigenvalue weighted by Gasteiger charge is -2.32. The van der Waals surface area contributed by atoms with Crippen molar-refractivity contribution in [1.82, 2.24) is 10.2 Å². The second-order valence-electron chi connectivity index (χ2n) is 7.86. The Hall–Kier alpha value is -3.75. The predicted molar refractivity (Wildman–Crippen MR) is 125 cm³/mol. The number of benzene rings is 2. The third-order valence-corrected chi connectivity index (χ3v) is 5.63. The molecule has 0 radical (unpaired) electrons. The number of piperidine rings is 1. The number of methoxy groups -OCH3 is 2. The molecule has 1 aliphatic heterocycles. The first-order valence-corrected chi connectivity index (χ1v) is 11.2. The average Bonchev–Trinajstić information content (AvgIpc) is 2.87. The molecule has 0 bridgehead atoms. The fraction of sp³-hybridized carbons (Fsp3) is 0.400. The molecule has 1 N–H and O–H groups in total. The van der Waals surface area contributed by atoms with Crippen LogP contribution in [0, 0.1) is 5.92 Å². The van der Waals surface area contributed by atoms with Crippen LogP contribution in [0.3, 0.4) is 0 Å². The van der Waals surface area contributed by atoms with Gasteiger partial charge in [0, 0.05) is 36.8 Å². The quantitative estimate of drug-likeness (QED) is 0.465. The zero-order valence-corrected chi connectivity index (χ0v) is 19.7.